The Bertz CT molecular complexity index is 581. The minimum atomic E-state index is -0.0634. The van der Waals surface area contributed by atoms with Crippen LogP contribution in [0, 0.1) is 12.8 Å². The number of rotatable bonds is 8. The standard InChI is InChI=1S/C19H30N4O2/c1-14-21-12-17(19(24)20-8-3-11-25-2)18(22-14)16-6-9-23(10-7-16)13-15-4-5-15/h12,15-16H,3-11,13H2,1-2H3,(H,20,24). The van der Waals surface area contributed by atoms with E-state index in [0.717, 1.165) is 49.8 Å². The van der Waals surface area contributed by atoms with Gasteiger partial charge in [-0.15, -0.1) is 0 Å². The number of aromatic nitrogens is 2. The van der Waals surface area contributed by atoms with Crippen LogP contribution in [0.2, 0.25) is 0 Å². The fourth-order valence-corrected chi connectivity index (χ4v) is 3.54. The number of carbonyl (C=O) groups is 1. The summed E-state index contributed by atoms with van der Waals surface area (Å²) in [4.78, 5) is 24.0. The van der Waals surface area contributed by atoms with Gasteiger partial charge in [0.05, 0.1) is 11.3 Å². The Kier molecular flexibility index (Phi) is 6.37. The first kappa shape index (κ1) is 18.3. The molecule has 138 valence electrons. The lowest BCUT2D eigenvalue weighted by molar-refractivity contribution is 0.0945. The number of hydrogen-bond acceptors (Lipinski definition) is 5. The molecule has 25 heavy (non-hydrogen) atoms. The summed E-state index contributed by atoms with van der Waals surface area (Å²) in [5.41, 5.74) is 1.58. The molecule has 0 spiro atoms. The number of hydrogen-bond donors (Lipinski definition) is 1. The molecule has 1 N–H and O–H groups in total. The van der Waals surface area contributed by atoms with Crippen molar-refractivity contribution in [2.75, 3.05) is 39.9 Å². The Labute approximate surface area is 150 Å². The molecule has 0 bridgehead atoms. The molecule has 0 radical (unpaired) electrons. The SMILES string of the molecule is COCCCNC(=O)c1cnc(C)nc1C1CCN(CC2CC2)CC1. The third-order valence-electron chi connectivity index (χ3n) is 5.18. The minimum Gasteiger partial charge on any atom is -0.385 e. The van der Waals surface area contributed by atoms with E-state index in [0.29, 0.717) is 24.6 Å². The number of ether oxygens (including phenoxy) is 1. The van der Waals surface area contributed by atoms with Crippen molar-refractivity contribution in [3.05, 3.63) is 23.3 Å². The number of aryl methyl sites for hydroxylation is 1. The molecule has 1 saturated carbocycles. The summed E-state index contributed by atoms with van der Waals surface area (Å²) in [5, 5.41) is 2.97. The first-order valence-electron chi connectivity index (χ1n) is 9.50. The maximum atomic E-state index is 12.6. The van der Waals surface area contributed by atoms with Crippen molar-refractivity contribution in [1.29, 1.82) is 0 Å². The van der Waals surface area contributed by atoms with Gasteiger partial charge in [-0.3, -0.25) is 4.79 Å². The molecule has 1 aromatic heterocycles. The predicted molar refractivity (Wildman–Crippen MR) is 96.7 cm³/mol. The summed E-state index contributed by atoms with van der Waals surface area (Å²) in [5.74, 6) is 1.97. The summed E-state index contributed by atoms with van der Waals surface area (Å²) in [7, 11) is 1.67. The predicted octanol–water partition coefficient (Wildman–Crippen LogP) is 2.14. The van der Waals surface area contributed by atoms with Gasteiger partial charge in [0.2, 0.25) is 0 Å². The lowest BCUT2D eigenvalue weighted by atomic mass is 9.90. The van der Waals surface area contributed by atoms with Gasteiger partial charge >= 0.3 is 0 Å². The molecular formula is C19H30N4O2. The van der Waals surface area contributed by atoms with Crippen molar-refractivity contribution in [3.8, 4) is 0 Å². The van der Waals surface area contributed by atoms with Crippen molar-refractivity contribution < 1.29 is 9.53 Å². The lowest BCUT2D eigenvalue weighted by Gasteiger charge is -2.32. The van der Waals surface area contributed by atoms with Gasteiger partial charge in [0.15, 0.2) is 0 Å². The second-order valence-corrected chi connectivity index (χ2v) is 7.34. The van der Waals surface area contributed by atoms with Crippen LogP contribution < -0.4 is 5.32 Å². The van der Waals surface area contributed by atoms with Gasteiger partial charge in [-0.1, -0.05) is 0 Å². The highest BCUT2D eigenvalue weighted by Gasteiger charge is 2.29. The Balaban J connectivity index is 1.61. The largest absolute Gasteiger partial charge is 0.385 e. The minimum absolute atomic E-state index is 0.0634. The summed E-state index contributed by atoms with van der Waals surface area (Å²) < 4.78 is 5.03. The molecule has 0 unspecified atom stereocenters. The van der Waals surface area contributed by atoms with Gasteiger partial charge in [-0.05, 0) is 58.0 Å². The summed E-state index contributed by atoms with van der Waals surface area (Å²) in [6.45, 7) is 6.63. The molecular weight excluding hydrogens is 316 g/mol. The molecule has 2 fully saturated rings. The second kappa shape index (κ2) is 8.72. The molecule has 6 nitrogen and oxygen atoms in total. The number of methoxy groups -OCH3 is 1. The molecule has 3 rings (SSSR count). The molecule has 0 atom stereocenters. The molecule has 1 aliphatic carbocycles. The van der Waals surface area contributed by atoms with Crippen LogP contribution in [0.3, 0.4) is 0 Å². The van der Waals surface area contributed by atoms with Crippen LogP contribution in [0.15, 0.2) is 6.20 Å². The Morgan fingerprint density at radius 1 is 1.32 bits per heavy atom. The second-order valence-electron chi connectivity index (χ2n) is 7.34. The van der Waals surface area contributed by atoms with Crippen LogP contribution in [-0.4, -0.2) is 60.7 Å². The third kappa shape index (κ3) is 5.22. The van der Waals surface area contributed by atoms with Crippen LogP contribution in [0.4, 0.5) is 0 Å². The van der Waals surface area contributed by atoms with E-state index < -0.39 is 0 Å². The van der Waals surface area contributed by atoms with Gasteiger partial charge < -0.3 is 15.0 Å². The molecule has 2 aliphatic rings. The molecule has 2 heterocycles. The van der Waals surface area contributed by atoms with Crippen LogP contribution in [-0.2, 0) is 4.74 Å². The van der Waals surface area contributed by atoms with Crippen molar-refractivity contribution in [3.63, 3.8) is 0 Å². The average Bonchev–Trinajstić information content (AvgIpc) is 3.43. The maximum Gasteiger partial charge on any atom is 0.254 e. The van der Waals surface area contributed by atoms with Crippen LogP contribution in [0.1, 0.15) is 59.9 Å². The van der Waals surface area contributed by atoms with E-state index >= 15 is 0 Å². The van der Waals surface area contributed by atoms with Crippen LogP contribution >= 0.6 is 0 Å². The fraction of sp³-hybridized carbons (Fsp3) is 0.737. The number of carbonyl (C=O) groups excluding carboxylic acids is 1. The topological polar surface area (TPSA) is 67.3 Å². The Hall–Kier alpha value is -1.53. The summed E-state index contributed by atoms with van der Waals surface area (Å²) in [6.07, 6.45) is 7.46. The molecule has 1 aliphatic heterocycles. The Morgan fingerprint density at radius 2 is 2.08 bits per heavy atom. The zero-order chi connectivity index (χ0) is 17.6. The summed E-state index contributed by atoms with van der Waals surface area (Å²) in [6, 6.07) is 0. The molecule has 1 amide bonds. The van der Waals surface area contributed by atoms with Crippen LogP contribution in [0.5, 0.6) is 0 Å². The van der Waals surface area contributed by atoms with E-state index in [9.17, 15) is 4.79 Å². The quantitative estimate of drug-likeness (QED) is 0.731. The Morgan fingerprint density at radius 3 is 2.76 bits per heavy atom. The highest BCUT2D eigenvalue weighted by atomic mass is 16.5. The van der Waals surface area contributed by atoms with E-state index in [1.165, 1.54) is 19.4 Å². The smallest absolute Gasteiger partial charge is 0.254 e. The van der Waals surface area contributed by atoms with E-state index in [-0.39, 0.29) is 5.91 Å². The molecule has 0 aromatic carbocycles. The highest BCUT2D eigenvalue weighted by molar-refractivity contribution is 5.95. The number of amides is 1. The normalized spacial score (nSPS) is 19.1. The van der Waals surface area contributed by atoms with E-state index in [1.807, 2.05) is 6.92 Å². The maximum absolute atomic E-state index is 12.6. The van der Waals surface area contributed by atoms with Gasteiger partial charge in [0.1, 0.15) is 5.82 Å². The average molecular weight is 346 g/mol. The summed E-state index contributed by atoms with van der Waals surface area (Å²) >= 11 is 0. The van der Waals surface area contributed by atoms with E-state index in [1.54, 1.807) is 13.3 Å². The first-order valence-corrected chi connectivity index (χ1v) is 9.50. The number of nitrogens with one attached hydrogen (secondary N) is 1. The van der Waals surface area contributed by atoms with Crippen molar-refractivity contribution in [2.45, 2.75) is 44.9 Å². The van der Waals surface area contributed by atoms with E-state index in [4.69, 9.17) is 4.74 Å². The van der Waals surface area contributed by atoms with Gasteiger partial charge in [0.25, 0.3) is 5.91 Å². The zero-order valence-corrected chi connectivity index (χ0v) is 15.5. The van der Waals surface area contributed by atoms with Crippen LogP contribution in [0.25, 0.3) is 0 Å². The van der Waals surface area contributed by atoms with Gasteiger partial charge in [0, 0.05) is 38.9 Å². The van der Waals surface area contributed by atoms with Crippen molar-refractivity contribution in [2.24, 2.45) is 5.92 Å². The van der Waals surface area contributed by atoms with Crippen molar-refractivity contribution in [1.82, 2.24) is 20.2 Å². The third-order valence-corrected chi connectivity index (χ3v) is 5.18. The monoisotopic (exact) mass is 346 g/mol. The van der Waals surface area contributed by atoms with Crippen molar-refractivity contribution >= 4 is 5.91 Å². The fourth-order valence-electron chi connectivity index (χ4n) is 3.54. The van der Waals surface area contributed by atoms with Gasteiger partial charge in [-0.2, -0.15) is 0 Å². The number of likely N-dealkylation sites (tertiary alicyclic amines) is 1. The zero-order valence-electron chi connectivity index (χ0n) is 15.5. The number of nitrogens with zero attached hydrogens (tertiary/aromatic N) is 3. The molecule has 1 saturated heterocycles. The lowest BCUT2D eigenvalue weighted by Crippen LogP contribution is -2.35. The highest BCUT2D eigenvalue weighted by Crippen LogP contribution is 2.33. The molecule has 6 heteroatoms. The number of piperidine rings is 1. The molecule has 1 aromatic rings. The van der Waals surface area contributed by atoms with Gasteiger partial charge in [-0.25, -0.2) is 9.97 Å². The van der Waals surface area contributed by atoms with E-state index in [2.05, 4.69) is 20.2 Å². The first-order chi connectivity index (χ1) is 12.2.